The third-order valence-electron chi connectivity index (χ3n) is 4.50. The van der Waals surface area contributed by atoms with E-state index in [0.717, 1.165) is 19.3 Å². The first-order chi connectivity index (χ1) is 7.43. The summed E-state index contributed by atoms with van der Waals surface area (Å²) in [5.41, 5.74) is 0.400. The molecule has 1 saturated carbocycles. The van der Waals surface area contributed by atoms with Crippen LogP contribution in [0.4, 0.5) is 0 Å². The Hall–Kier alpha value is 0.407. The van der Waals surface area contributed by atoms with Crippen LogP contribution < -0.4 is 0 Å². The van der Waals surface area contributed by atoms with Crippen molar-refractivity contribution in [3.63, 3.8) is 0 Å². The Labute approximate surface area is 108 Å². The summed E-state index contributed by atoms with van der Waals surface area (Å²) in [6.45, 7) is 15.3. The second-order valence-corrected chi connectivity index (χ2v) is 15.8. The molecule has 102 valence electrons. The summed E-state index contributed by atoms with van der Waals surface area (Å²) in [6.07, 6.45) is 3.55. The minimum absolute atomic E-state index is 0.271. The molecule has 0 aliphatic heterocycles. The molecule has 0 N–H and O–H groups in total. The van der Waals surface area contributed by atoms with Gasteiger partial charge in [-0.25, -0.2) is 0 Å². The summed E-state index contributed by atoms with van der Waals surface area (Å²) < 4.78 is 18.5. The van der Waals surface area contributed by atoms with E-state index in [1.54, 1.807) is 0 Å². The van der Waals surface area contributed by atoms with Gasteiger partial charge in [0.25, 0.3) is 0 Å². The zero-order chi connectivity index (χ0) is 13.5. The molecule has 1 aliphatic rings. The lowest BCUT2D eigenvalue weighted by Crippen LogP contribution is -2.43. The third-order valence-corrected chi connectivity index (χ3v) is 11.3. The summed E-state index contributed by atoms with van der Waals surface area (Å²) in [6, 6.07) is 0. The number of hydrogen-bond acceptors (Lipinski definition) is 2. The van der Waals surface area contributed by atoms with Crippen LogP contribution >= 0.6 is 7.14 Å². The Morgan fingerprint density at radius 2 is 1.71 bits per heavy atom. The molecule has 0 aromatic carbocycles. The van der Waals surface area contributed by atoms with Crippen LogP contribution in [-0.4, -0.2) is 33.4 Å². The van der Waals surface area contributed by atoms with Crippen molar-refractivity contribution in [2.24, 2.45) is 0 Å². The Balaban J connectivity index is 2.60. The minimum atomic E-state index is -1.92. The summed E-state index contributed by atoms with van der Waals surface area (Å²) in [5.74, 6) is 0. The highest BCUT2D eigenvalue weighted by atomic mass is 31.2. The minimum Gasteiger partial charge on any atom is -0.414 e. The van der Waals surface area contributed by atoms with Crippen LogP contribution in [-0.2, 0) is 8.99 Å². The van der Waals surface area contributed by atoms with Crippen LogP contribution in [0.2, 0.25) is 18.1 Å². The van der Waals surface area contributed by atoms with Crippen LogP contribution in [0.3, 0.4) is 0 Å². The van der Waals surface area contributed by atoms with Crippen molar-refractivity contribution >= 4 is 15.5 Å². The van der Waals surface area contributed by atoms with E-state index >= 15 is 0 Å². The molecule has 0 aromatic heterocycles. The van der Waals surface area contributed by atoms with Gasteiger partial charge < -0.3 is 8.99 Å². The molecule has 4 heteroatoms. The molecule has 0 spiro atoms. The van der Waals surface area contributed by atoms with Crippen molar-refractivity contribution in [1.82, 2.24) is 0 Å². The lowest BCUT2D eigenvalue weighted by atomic mass is 10.2. The number of rotatable bonds is 3. The topological polar surface area (TPSA) is 26.3 Å². The standard InChI is InChI=1S/C13H29O2PSi/c1-13(2,3)17(6,7)15-11-8-9-12(10-11)16(4,5)14/h11-12H,8-10H2,1-7H3/t11-,12+/m0/s1. The van der Waals surface area contributed by atoms with Gasteiger partial charge in [0.2, 0.25) is 0 Å². The van der Waals surface area contributed by atoms with Gasteiger partial charge in [0.05, 0.1) is 7.14 Å². The van der Waals surface area contributed by atoms with Crippen molar-refractivity contribution in [1.29, 1.82) is 0 Å². The fourth-order valence-electron chi connectivity index (χ4n) is 2.18. The maximum atomic E-state index is 12.1. The van der Waals surface area contributed by atoms with Crippen LogP contribution in [0, 0.1) is 0 Å². The summed E-state index contributed by atoms with van der Waals surface area (Å²) >= 11 is 0. The molecular weight excluding hydrogens is 247 g/mol. The third kappa shape index (κ3) is 3.94. The summed E-state index contributed by atoms with van der Waals surface area (Å²) in [4.78, 5) is 0. The van der Waals surface area contributed by atoms with Crippen molar-refractivity contribution in [2.45, 2.75) is 69.9 Å². The van der Waals surface area contributed by atoms with Crippen LogP contribution in [0.1, 0.15) is 40.0 Å². The van der Waals surface area contributed by atoms with Crippen molar-refractivity contribution in [3.8, 4) is 0 Å². The van der Waals surface area contributed by atoms with Gasteiger partial charge in [-0.2, -0.15) is 0 Å². The normalized spacial score (nSPS) is 27.5. The van der Waals surface area contributed by atoms with Gasteiger partial charge in [-0.15, -0.1) is 0 Å². The molecule has 1 fully saturated rings. The summed E-state index contributed by atoms with van der Waals surface area (Å²) in [7, 11) is -3.57. The zero-order valence-electron chi connectivity index (χ0n) is 12.5. The smallest absolute Gasteiger partial charge is 0.192 e. The van der Waals surface area contributed by atoms with E-state index in [2.05, 4.69) is 33.9 Å². The molecule has 2 nitrogen and oxygen atoms in total. The van der Waals surface area contributed by atoms with Crippen molar-refractivity contribution in [3.05, 3.63) is 0 Å². The quantitative estimate of drug-likeness (QED) is 0.558. The molecule has 0 saturated heterocycles. The maximum absolute atomic E-state index is 12.1. The highest BCUT2D eigenvalue weighted by molar-refractivity contribution is 7.63. The van der Waals surface area contributed by atoms with E-state index in [-0.39, 0.29) is 5.04 Å². The monoisotopic (exact) mass is 276 g/mol. The zero-order valence-corrected chi connectivity index (χ0v) is 14.4. The molecule has 1 rings (SSSR count). The molecule has 1 aliphatic carbocycles. The van der Waals surface area contributed by atoms with Gasteiger partial charge >= 0.3 is 0 Å². The van der Waals surface area contributed by atoms with Gasteiger partial charge in [-0.05, 0) is 50.7 Å². The molecule has 0 heterocycles. The lowest BCUT2D eigenvalue weighted by Gasteiger charge is -2.38. The van der Waals surface area contributed by atoms with Gasteiger partial charge in [-0.3, -0.25) is 0 Å². The Bertz CT molecular complexity index is 314. The largest absolute Gasteiger partial charge is 0.414 e. The molecule has 0 aromatic rings. The first-order valence-electron chi connectivity index (χ1n) is 6.66. The van der Waals surface area contributed by atoms with E-state index in [4.69, 9.17) is 4.43 Å². The molecule has 0 amide bonds. The Kier molecular flexibility index (Phi) is 4.39. The molecule has 0 radical (unpaired) electrons. The van der Waals surface area contributed by atoms with Crippen LogP contribution in [0.15, 0.2) is 0 Å². The average molecular weight is 276 g/mol. The molecular formula is C13H29O2PSi. The van der Waals surface area contributed by atoms with Crippen molar-refractivity contribution in [2.75, 3.05) is 13.3 Å². The predicted molar refractivity (Wildman–Crippen MR) is 79.2 cm³/mol. The second kappa shape index (κ2) is 4.83. The van der Waals surface area contributed by atoms with Gasteiger partial charge in [-0.1, -0.05) is 20.8 Å². The Morgan fingerprint density at radius 3 is 2.06 bits per heavy atom. The lowest BCUT2D eigenvalue weighted by molar-refractivity contribution is 0.188. The Morgan fingerprint density at radius 1 is 1.18 bits per heavy atom. The predicted octanol–water partition coefficient (Wildman–Crippen LogP) is 4.55. The highest BCUT2D eigenvalue weighted by Crippen LogP contribution is 2.51. The molecule has 17 heavy (non-hydrogen) atoms. The fraction of sp³-hybridized carbons (Fsp3) is 1.00. The van der Waals surface area contributed by atoms with Gasteiger partial charge in [0, 0.05) is 11.8 Å². The SMILES string of the molecule is CC(C)(C)[Si](C)(C)O[C@H]1CC[C@@H](P(C)(C)=O)C1. The molecule has 0 unspecified atom stereocenters. The fourth-order valence-corrected chi connectivity index (χ4v) is 5.10. The average Bonchev–Trinajstić information content (AvgIpc) is 2.48. The van der Waals surface area contributed by atoms with Gasteiger partial charge in [0.1, 0.15) is 0 Å². The maximum Gasteiger partial charge on any atom is 0.192 e. The van der Waals surface area contributed by atoms with E-state index < -0.39 is 15.5 Å². The first kappa shape index (κ1) is 15.5. The van der Waals surface area contributed by atoms with E-state index in [9.17, 15) is 4.57 Å². The van der Waals surface area contributed by atoms with Gasteiger partial charge in [0.15, 0.2) is 8.32 Å². The van der Waals surface area contributed by atoms with Crippen LogP contribution in [0.5, 0.6) is 0 Å². The summed E-state index contributed by atoms with van der Waals surface area (Å²) in [5, 5.41) is 0.271. The highest BCUT2D eigenvalue weighted by Gasteiger charge is 2.42. The van der Waals surface area contributed by atoms with E-state index in [1.807, 2.05) is 13.3 Å². The molecule has 2 atom stereocenters. The van der Waals surface area contributed by atoms with Crippen molar-refractivity contribution < 1.29 is 8.99 Å². The second-order valence-electron chi connectivity index (χ2n) is 7.40. The van der Waals surface area contributed by atoms with E-state index in [0.29, 0.717) is 11.8 Å². The molecule has 0 bridgehead atoms. The van der Waals surface area contributed by atoms with E-state index in [1.165, 1.54) is 0 Å². The van der Waals surface area contributed by atoms with Crippen LogP contribution in [0.25, 0.3) is 0 Å². The first-order valence-corrected chi connectivity index (χ1v) is 12.2. The number of hydrogen-bond donors (Lipinski definition) is 0.